The number of rotatable bonds is 1. The van der Waals surface area contributed by atoms with E-state index in [0.29, 0.717) is 12.0 Å². The lowest BCUT2D eigenvalue weighted by Gasteiger charge is -1.94. The van der Waals surface area contributed by atoms with E-state index < -0.39 is 11.6 Å². The van der Waals surface area contributed by atoms with Crippen molar-refractivity contribution in [1.29, 1.82) is 0 Å². The number of benzene rings is 1. The van der Waals surface area contributed by atoms with Crippen LogP contribution in [0.5, 0.6) is 0 Å². The van der Waals surface area contributed by atoms with Gasteiger partial charge in [0.15, 0.2) is 0 Å². The van der Waals surface area contributed by atoms with Gasteiger partial charge in [-0.1, -0.05) is 6.92 Å². The minimum atomic E-state index is -0.628. The Balaban J connectivity index is 3.06. The van der Waals surface area contributed by atoms with Crippen molar-refractivity contribution in [2.45, 2.75) is 13.3 Å². The van der Waals surface area contributed by atoms with Crippen LogP contribution < -0.4 is 0 Å². The van der Waals surface area contributed by atoms with Crippen LogP contribution in [-0.2, 0) is 6.42 Å². The maximum absolute atomic E-state index is 12.4. The van der Waals surface area contributed by atoms with Gasteiger partial charge in [0.05, 0.1) is 0 Å². The molecule has 2 heteroatoms. The van der Waals surface area contributed by atoms with E-state index in [-0.39, 0.29) is 0 Å². The molecule has 0 nitrogen and oxygen atoms in total. The summed E-state index contributed by atoms with van der Waals surface area (Å²) < 4.78 is 24.7. The fourth-order valence-electron chi connectivity index (χ4n) is 0.745. The lowest BCUT2D eigenvalue weighted by atomic mass is 10.2. The second-order valence-electron chi connectivity index (χ2n) is 2.03. The molecule has 10 heavy (non-hydrogen) atoms. The van der Waals surface area contributed by atoms with Gasteiger partial charge in [-0.05, 0) is 18.1 Å². The van der Waals surface area contributed by atoms with Gasteiger partial charge < -0.3 is 0 Å². The molecule has 1 aromatic rings. The number of hydrogen-bond donors (Lipinski definition) is 0. The van der Waals surface area contributed by atoms with Crippen LogP contribution >= 0.6 is 0 Å². The number of hydrogen-bond acceptors (Lipinski definition) is 0. The summed E-state index contributed by atoms with van der Waals surface area (Å²) >= 11 is 0. The van der Waals surface area contributed by atoms with Crippen molar-refractivity contribution in [3.63, 3.8) is 0 Å². The van der Waals surface area contributed by atoms with Crippen molar-refractivity contribution < 1.29 is 8.78 Å². The first-order valence-electron chi connectivity index (χ1n) is 3.09. The lowest BCUT2D eigenvalue weighted by Crippen LogP contribution is -1.85. The van der Waals surface area contributed by atoms with Gasteiger partial charge in [-0.15, -0.1) is 0 Å². The normalized spacial score (nSPS) is 9.90. The van der Waals surface area contributed by atoms with Gasteiger partial charge in [-0.2, -0.15) is 0 Å². The summed E-state index contributed by atoms with van der Waals surface area (Å²) in [5.74, 6) is -1.16. The molecule has 0 amide bonds. The molecule has 0 atom stereocenters. The molecule has 0 heterocycles. The predicted molar refractivity (Wildman–Crippen MR) is 34.6 cm³/mol. The van der Waals surface area contributed by atoms with Crippen LogP contribution in [-0.4, -0.2) is 0 Å². The van der Waals surface area contributed by atoms with Crippen LogP contribution in [0, 0.1) is 17.7 Å². The summed E-state index contributed by atoms with van der Waals surface area (Å²) in [5, 5.41) is 0. The van der Waals surface area contributed by atoms with Crippen molar-refractivity contribution in [3.8, 4) is 0 Å². The largest absolute Gasteiger partial charge is 0.207 e. The van der Waals surface area contributed by atoms with Crippen molar-refractivity contribution >= 4 is 0 Å². The molecule has 0 unspecified atom stereocenters. The molecule has 0 N–H and O–H groups in total. The van der Waals surface area contributed by atoms with Crippen LogP contribution in [0.25, 0.3) is 0 Å². The molecule has 1 rings (SSSR count). The number of halogens is 2. The molecule has 0 aliphatic heterocycles. The minimum absolute atomic E-state index is 0.534. The highest BCUT2D eigenvalue weighted by Gasteiger charge is 1.97. The quantitative estimate of drug-likeness (QED) is 0.563. The second-order valence-corrected chi connectivity index (χ2v) is 2.03. The second kappa shape index (κ2) is 2.78. The third kappa shape index (κ3) is 1.53. The molecule has 0 fully saturated rings. The Hall–Kier alpha value is -0.920. The summed E-state index contributed by atoms with van der Waals surface area (Å²) in [5.41, 5.74) is 0.567. The summed E-state index contributed by atoms with van der Waals surface area (Å²) in [7, 11) is 0. The molecule has 0 spiro atoms. The third-order valence-corrected chi connectivity index (χ3v) is 1.24. The van der Waals surface area contributed by atoms with Gasteiger partial charge >= 0.3 is 0 Å². The van der Waals surface area contributed by atoms with Crippen molar-refractivity contribution in [3.05, 3.63) is 35.4 Å². The summed E-state index contributed by atoms with van der Waals surface area (Å²) in [6.45, 7) is 1.82. The molecule has 0 bridgehead atoms. The highest BCUT2D eigenvalue weighted by Crippen LogP contribution is 2.06. The van der Waals surface area contributed by atoms with E-state index in [4.69, 9.17) is 0 Å². The average Bonchev–Trinajstić information content (AvgIpc) is 1.85. The Morgan fingerprint density at radius 3 is 2.60 bits per heavy atom. The topological polar surface area (TPSA) is 0 Å². The molecule has 53 valence electrons. The Morgan fingerprint density at radius 2 is 2.10 bits per heavy atom. The van der Waals surface area contributed by atoms with Crippen molar-refractivity contribution in [2.75, 3.05) is 0 Å². The third-order valence-electron chi connectivity index (χ3n) is 1.24. The van der Waals surface area contributed by atoms with Gasteiger partial charge in [-0.25, -0.2) is 8.78 Å². The maximum atomic E-state index is 12.4. The Labute approximate surface area is 58.5 Å². The summed E-state index contributed by atoms with van der Waals surface area (Å²) in [6, 6.07) is 4.49. The molecule has 0 aliphatic carbocycles. The van der Waals surface area contributed by atoms with Crippen LogP contribution in [0.15, 0.2) is 12.1 Å². The Morgan fingerprint density at radius 1 is 1.40 bits per heavy atom. The molecule has 0 aliphatic rings. The standard InChI is InChI=1S/C8H7F2/c1-2-6-3-7(9)5-8(10)4-6/h3,5H,2H2,1H3. The first kappa shape index (κ1) is 7.19. The molecule has 0 saturated heterocycles. The fourth-order valence-corrected chi connectivity index (χ4v) is 0.745. The lowest BCUT2D eigenvalue weighted by molar-refractivity contribution is 0.578. The van der Waals surface area contributed by atoms with Gasteiger partial charge in [0.1, 0.15) is 11.6 Å². The SMILES string of the molecule is CCc1[c]c(F)cc(F)c1. The highest BCUT2D eigenvalue weighted by atomic mass is 19.1. The van der Waals surface area contributed by atoms with E-state index >= 15 is 0 Å². The molecule has 0 aromatic heterocycles. The van der Waals surface area contributed by atoms with Gasteiger partial charge in [0, 0.05) is 12.1 Å². The number of aryl methyl sites for hydroxylation is 1. The van der Waals surface area contributed by atoms with Crippen LogP contribution in [0.1, 0.15) is 12.5 Å². The smallest absolute Gasteiger partial charge is 0.134 e. The Kier molecular flexibility index (Phi) is 2.00. The van der Waals surface area contributed by atoms with E-state index in [1.165, 1.54) is 6.07 Å². The maximum Gasteiger partial charge on any atom is 0.134 e. The summed E-state index contributed by atoms with van der Waals surface area (Å²) in [6.07, 6.45) is 0.606. The van der Waals surface area contributed by atoms with Gasteiger partial charge in [0.25, 0.3) is 0 Å². The Bertz CT molecular complexity index is 210. The first-order chi connectivity index (χ1) is 4.72. The zero-order valence-electron chi connectivity index (χ0n) is 5.62. The predicted octanol–water partition coefficient (Wildman–Crippen LogP) is 2.33. The fraction of sp³-hybridized carbons (Fsp3) is 0.250. The zero-order valence-corrected chi connectivity index (χ0v) is 5.62. The van der Waals surface area contributed by atoms with Crippen LogP contribution in [0.3, 0.4) is 0 Å². The highest BCUT2D eigenvalue weighted by molar-refractivity contribution is 5.15. The van der Waals surface area contributed by atoms with Crippen LogP contribution in [0.4, 0.5) is 8.78 Å². The van der Waals surface area contributed by atoms with Crippen molar-refractivity contribution in [1.82, 2.24) is 0 Å². The van der Waals surface area contributed by atoms with Crippen LogP contribution in [0.2, 0.25) is 0 Å². The molecular weight excluding hydrogens is 134 g/mol. The van der Waals surface area contributed by atoms with Gasteiger partial charge in [-0.3, -0.25) is 0 Å². The molecule has 1 aromatic carbocycles. The van der Waals surface area contributed by atoms with E-state index in [1.54, 1.807) is 0 Å². The average molecular weight is 141 g/mol. The summed E-state index contributed by atoms with van der Waals surface area (Å²) in [4.78, 5) is 0. The van der Waals surface area contributed by atoms with E-state index in [2.05, 4.69) is 6.07 Å². The molecular formula is C8H7F2. The minimum Gasteiger partial charge on any atom is -0.207 e. The van der Waals surface area contributed by atoms with E-state index in [9.17, 15) is 8.78 Å². The van der Waals surface area contributed by atoms with E-state index in [1.807, 2.05) is 6.92 Å². The van der Waals surface area contributed by atoms with Crippen molar-refractivity contribution in [2.24, 2.45) is 0 Å². The zero-order chi connectivity index (χ0) is 7.56. The first-order valence-corrected chi connectivity index (χ1v) is 3.09. The van der Waals surface area contributed by atoms with E-state index in [0.717, 1.165) is 6.07 Å². The van der Waals surface area contributed by atoms with Gasteiger partial charge in [0.2, 0.25) is 0 Å². The molecule has 1 radical (unpaired) electrons. The molecule has 0 saturated carbocycles. The monoisotopic (exact) mass is 141 g/mol.